The van der Waals surface area contributed by atoms with Crippen LogP contribution in [-0.2, 0) is 6.54 Å². The smallest absolute Gasteiger partial charge is 0.287 e. The zero-order valence-corrected chi connectivity index (χ0v) is 10.9. The fourth-order valence-corrected chi connectivity index (χ4v) is 1.71. The molecule has 0 amide bonds. The minimum atomic E-state index is -0.295. The van der Waals surface area contributed by atoms with E-state index in [9.17, 15) is 4.79 Å². The molecular weight excluding hydrogens is 254 g/mol. The lowest BCUT2D eigenvalue weighted by atomic mass is 10.4. The fraction of sp³-hybridized carbons (Fsp3) is 0.364. The Bertz CT molecular complexity index is 576. The molecule has 7 heteroatoms. The number of imidazole rings is 1. The molecule has 2 N–H and O–H groups in total. The number of H-pyrrole nitrogens is 1. The number of hydrogen-bond acceptors (Lipinski definition) is 4. The molecule has 2 aromatic heterocycles. The van der Waals surface area contributed by atoms with Crippen molar-refractivity contribution < 1.29 is 0 Å². The molecule has 2 heterocycles. The van der Waals surface area contributed by atoms with Gasteiger partial charge in [-0.15, -0.1) is 0 Å². The molecule has 0 atom stereocenters. The third-order valence-electron chi connectivity index (χ3n) is 2.43. The summed E-state index contributed by atoms with van der Waals surface area (Å²) >= 11 is 6.02. The van der Waals surface area contributed by atoms with Crippen molar-refractivity contribution in [3.8, 4) is 0 Å². The maximum Gasteiger partial charge on any atom is 0.287 e. The highest BCUT2D eigenvalue weighted by atomic mass is 35.5. The molecule has 2 aromatic rings. The monoisotopic (exact) mass is 267 g/mol. The Morgan fingerprint density at radius 2 is 2.33 bits per heavy atom. The Balaban J connectivity index is 2.20. The zero-order valence-electron chi connectivity index (χ0n) is 10.1. The predicted molar refractivity (Wildman–Crippen MR) is 69.8 cm³/mol. The first-order valence-corrected chi connectivity index (χ1v) is 5.97. The zero-order chi connectivity index (χ0) is 13.1. The van der Waals surface area contributed by atoms with Crippen LogP contribution in [0.25, 0.3) is 0 Å². The number of nitrogens with zero attached hydrogens (tertiary/aromatic N) is 3. The third kappa shape index (κ3) is 2.53. The second-order valence-electron chi connectivity index (χ2n) is 4.11. The highest BCUT2D eigenvalue weighted by Crippen LogP contribution is 2.16. The molecule has 0 fully saturated rings. The van der Waals surface area contributed by atoms with Gasteiger partial charge in [0.15, 0.2) is 0 Å². The summed E-state index contributed by atoms with van der Waals surface area (Å²) in [6.45, 7) is 4.21. The number of anilines is 1. The van der Waals surface area contributed by atoms with E-state index in [0.717, 1.165) is 5.82 Å². The van der Waals surface area contributed by atoms with Crippen LogP contribution in [0.4, 0.5) is 5.69 Å². The second-order valence-corrected chi connectivity index (χ2v) is 4.48. The maximum atomic E-state index is 11.9. The van der Waals surface area contributed by atoms with Crippen molar-refractivity contribution in [2.75, 3.05) is 5.32 Å². The fourth-order valence-electron chi connectivity index (χ4n) is 1.51. The van der Waals surface area contributed by atoms with Crippen LogP contribution >= 0.6 is 11.6 Å². The van der Waals surface area contributed by atoms with Crippen molar-refractivity contribution in [3.05, 3.63) is 39.8 Å². The van der Waals surface area contributed by atoms with Crippen LogP contribution in [0, 0.1) is 0 Å². The molecular formula is C11H14ClN5O. The topological polar surface area (TPSA) is 75.6 Å². The molecule has 0 aromatic carbocycles. The summed E-state index contributed by atoms with van der Waals surface area (Å²) in [7, 11) is 0. The van der Waals surface area contributed by atoms with Gasteiger partial charge in [0, 0.05) is 12.4 Å². The molecule has 0 bridgehead atoms. The quantitative estimate of drug-likeness (QED) is 0.886. The molecule has 0 unspecified atom stereocenters. The number of aromatic nitrogens is 4. The average molecular weight is 268 g/mol. The van der Waals surface area contributed by atoms with Gasteiger partial charge in [-0.2, -0.15) is 5.10 Å². The van der Waals surface area contributed by atoms with Crippen LogP contribution in [0.1, 0.15) is 25.7 Å². The van der Waals surface area contributed by atoms with E-state index in [0.29, 0.717) is 12.2 Å². The van der Waals surface area contributed by atoms with Crippen LogP contribution in [0.5, 0.6) is 0 Å². The lowest BCUT2D eigenvalue weighted by Gasteiger charge is -2.11. The van der Waals surface area contributed by atoms with Gasteiger partial charge in [0.05, 0.1) is 24.5 Å². The molecule has 96 valence electrons. The number of nitrogens with one attached hydrogen (secondary N) is 2. The van der Waals surface area contributed by atoms with Crippen molar-refractivity contribution in [1.29, 1.82) is 0 Å². The van der Waals surface area contributed by atoms with E-state index in [2.05, 4.69) is 20.4 Å². The van der Waals surface area contributed by atoms with Gasteiger partial charge in [0.1, 0.15) is 10.8 Å². The molecule has 2 rings (SSSR count). The second kappa shape index (κ2) is 5.22. The van der Waals surface area contributed by atoms with E-state index in [-0.39, 0.29) is 16.6 Å². The lowest BCUT2D eigenvalue weighted by Crippen LogP contribution is -2.25. The molecule has 6 nitrogen and oxygen atoms in total. The van der Waals surface area contributed by atoms with Gasteiger partial charge in [-0.3, -0.25) is 4.79 Å². The van der Waals surface area contributed by atoms with Gasteiger partial charge in [-0.05, 0) is 13.8 Å². The first-order chi connectivity index (χ1) is 8.59. The molecule has 18 heavy (non-hydrogen) atoms. The van der Waals surface area contributed by atoms with Gasteiger partial charge >= 0.3 is 0 Å². The predicted octanol–water partition coefficient (Wildman–Crippen LogP) is 1.81. The Kier molecular flexibility index (Phi) is 3.66. The highest BCUT2D eigenvalue weighted by Gasteiger charge is 2.11. The van der Waals surface area contributed by atoms with Crippen molar-refractivity contribution in [2.24, 2.45) is 0 Å². The maximum absolute atomic E-state index is 11.9. The molecule has 0 saturated carbocycles. The first-order valence-electron chi connectivity index (χ1n) is 5.59. The summed E-state index contributed by atoms with van der Waals surface area (Å²) in [6.07, 6.45) is 4.94. The summed E-state index contributed by atoms with van der Waals surface area (Å²) in [6, 6.07) is -0.0193. The molecule has 0 aliphatic heterocycles. The lowest BCUT2D eigenvalue weighted by molar-refractivity contribution is 0.503. The van der Waals surface area contributed by atoms with Gasteiger partial charge in [0.25, 0.3) is 5.56 Å². The number of halogens is 1. The van der Waals surface area contributed by atoms with Crippen molar-refractivity contribution in [3.63, 3.8) is 0 Å². The molecule has 0 saturated heterocycles. The van der Waals surface area contributed by atoms with Crippen LogP contribution in [-0.4, -0.2) is 19.7 Å². The van der Waals surface area contributed by atoms with Gasteiger partial charge in [0.2, 0.25) is 0 Å². The standard InChI is InChI=1S/C11H14ClN5O/c1-7(2)17-11(18)10(12)8(5-16-17)15-6-9-13-3-4-14-9/h3-5,7,15H,6H2,1-2H3,(H,13,14). The molecule has 0 aliphatic carbocycles. The minimum absolute atomic E-state index is 0.0193. The van der Waals surface area contributed by atoms with E-state index < -0.39 is 0 Å². The number of aromatic amines is 1. The van der Waals surface area contributed by atoms with E-state index in [1.54, 1.807) is 18.6 Å². The summed E-state index contributed by atoms with van der Waals surface area (Å²) < 4.78 is 1.35. The van der Waals surface area contributed by atoms with Crippen LogP contribution < -0.4 is 10.9 Å². The van der Waals surface area contributed by atoms with Crippen molar-refractivity contribution >= 4 is 17.3 Å². The number of hydrogen-bond donors (Lipinski definition) is 2. The van der Waals surface area contributed by atoms with Gasteiger partial charge < -0.3 is 10.3 Å². The normalized spacial score (nSPS) is 10.9. The Morgan fingerprint density at radius 1 is 1.56 bits per heavy atom. The van der Waals surface area contributed by atoms with Gasteiger partial charge in [-0.1, -0.05) is 11.6 Å². The van der Waals surface area contributed by atoms with E-state index in [1.807, 2.05) is 13.8 Å². The van der Waals surface area contributed by atoms with E-state index >= 15 is 0 Å². The first kappa shape index (κ1) is 12.6. The summed E-state index contributed by atoms with van der Waals surface area (Å²) in [5.74, 6) is 0.763. The van der Waals surface area contributed by atoms with Gasteiger partial charge in [-0.25, -0.2) is 9.67 Å². The average Bonchev–Trinajstić information content (AvgIpc) is 2.83. The Morgan fingerprint density at radius 3 is 2.94 bits per heavy atom. The summed E-state index contributed by atoms with van der Waals surface area (Å²) in [5, 5.41) is 7.23. The van der Waals surface area contributed by atoms with Crippen LogP contribution in [0.15, 0.2) is 23.4 Å². The molecule has 0 aliphatic rings. The summed E-state index contributed by atoms with van der Waals surface area (Å²) in [4.78, 5) is 18.9. The SMILES string of the molecule is CC(C)n1ncc(NCc2ncc[nH]2)c(Cl)c1=O. The van der Waals surface area contributed by atoms with Crippen molar-refractivity contribution in [1.82, 2.24) is 19.7 Å². The van der Waals surface area contributed by atoms with E-state index in [4.69, 9.17) is 11.6 Å². The Labute approximate surface area is 109 Å². The highest BCUT2D eigenvalue weighted by molar-refractivity contribution is 6.32. The molecule has 0 spiro atoms. The van der Waals surface area contributed by atoms with Crippen LogP contribution in [0.3, 0.4) is 0 Å². The van der Waals surface area contributed by atoms with Crippen molar-refractivity contribution in [2.45, 2.75) is 26.4 Å². The number of rotatable bonds is 4. The third-order valence-corrected chi connectivity index (χ3v) is 2.80. The Hall–Kier alpha value is -1.82. The minimum Gasteiger partial charge on any atom is -0.375 e. The summed E-state index contributed by atoms with van der Waals surface area (Å²) in [5.41, 5.74) is 0.214. The van der Waals surface area contributed by atoms with E-state index in [1.165, 1.54) is 4.68 Å². The van der Waals surface area contributed by atoms with Crippen LogP contribution in [0.2, 0.25) is 5.02 Å². The molecule has 0 radical (unpaired) electrons. The largest absolute Gasteiger partial charge is 0.375 e.